The third kappa shape index (κ3) is 9.64. The first-order chi connectivity index (χ1) is 11.1. The highest BCUT2D eigenvalue weighted by molar-refractivity contribution is 6.33. The summed E-state index contributed by atoms with van der Waals surface area (Å²) in [7, 11) is -1.41. The van der Waals surface area contributed by atoms with E-state index in [-0.39, 0.29) is 0 Å². The molecule has 0 fully saturated rings. The van der Waals surface area contributed by atoms with Gasteiger partial charge in [0.15, 0.2) is 0 Å². The summed E-state index contributed by atoms with van der Waals surface area (Å²) >= 11 is 0. The van der Waals surface area contributed by atoms with Crippen molar-refractivity contribution < 1.29 is 18.8 Å². The summed E-state index contributed by atoms with van der Waals surface area (Å²) in [5.74, 6) is 0.545. The van der Waals surface area contributed by atoms with E-state index in [1.165, 1.54) is 30.7 Å². The summed E-state index contributed by atoms with van der Waals surface area (Å²) in [6, 6.07) is 8.95. The zero-order chi connectivity index (χ0) is 17.6. The second-order valence-electron chi connectivity index (χ2n) is 5.55. The van der Waals surface area contributed by atoms with Crippen LogP contribution in [-0.2, 0) is 4.65 Å². The van der Waals surface area contributed by atoms with E-state index in [0.717, 1.165) is 12.8 Å². The van der Waals surface area contributed by atoms with E-state index in [9.17, 15) is 5.02 Å². The van der Waals surface area contributed by atoms with Crippen molar-refractivity contribution in [3.8, 4) is 5.75 Å². The van der Waals surface area contributed by atoms with Crippen molar-refractivity contribution in [3.05, 3.63) is 30.3 Å². The van der Waals surface area contributed by atoms with Gasteiger partial charge in [-0.05, 0) is 46.2 Å². The number of para-hydroxylation sites is 1. The molecule has 4 nitrogen and oxygen atoms in total. The maximum absolute atomic E-state index is 11.1. The molecule has 0 aliphatic carbocycles. The fourth-order valence-corrected chi connectivity index (χ4v) is 2.31. The van der Waals surface area contributed by atoms with Gasteiger partial charge in [0.2, 0.25) is 0 Å². The van der Waals surface area contributed by atoms with Gasteiger partial charge in [-0.25, -0.2) is 0 Å². The summed E-state index contributed by atoms with van der Waals surface area (Å²) in [5, 5.41) is 11.1. The molecule has 0 amide bonds. The monoisotopic (exact) mass is 323 g/mol. The average molecular weight is 323 g/mol. The number of hydrogen-bond donors (Lipinski definition) is 0. The Morgan fingerprint density at radius 3 is 1.83 bits per heavy atom. The zero-order valence-corrected chi connectivity index (χ0v) is 15.6. The third-order valence-electron chi connectivity index (χ3n) is 4.41. The van der Waals surface area contributed by atoms with E-state index in [0.29, 0.717) is 12.4 Å². The molecule has 5 heteroatoms. The third-order valence-corrected chi connectivity index (χ3v) is 4.41. The smallest absolute Gasteiger partial charge is 0.418 e. The fourth-order valence-electron chi connectivity index (χ4n) is 2.31. The molecular weight excluding hydrogens is 289 g/mol. The van der Waals surface area contributed by atoms with Crippen LogP contribution in [0.25, 0.3) is 0 Å². The van der Waals surface area contributed by atoms with Gasteiger partial charge < -0.3 is 18.8 Å². The predicted molar refractivity (Wildman–Crippen MR) is 96.1 cm³/mol. The molecule has 0 N–H and O–H groups in total. The lowest BCUT2D eigenvalue weighted by atomic mass is 10.2. The average Bonchev–Trinajstić information content (AvgIpc) is 2.59. The van der Waals surface area contributed by atoms with Crippen LogP contribution in [0.3, 0.4) is 0 Å². The minimum atomic E-state index is -1.41. The molecule has 0 spiro atoms. The molecule has 0 saturated carbocycles. The molecule has 0 radical (unpaired) electrons. The summed E-state index contributed by atoms with van der Waals surface area (Å²) < 4.78 is 11.2. The van der Waals surface area contributed by atoms with E-state index in [4.69, 9.17) is 9.31 Å². The Morgan fingerprint density at radius 2 is 1.43 bits per heavy atom. The van der Waals surface area contributed by atoms with Crippen LogP contribution in [0.2, 0.25) is 0 Å². The SMILES string of the molecule is CCCCOB([O-])Oc1ccccc1.CC[N+](CC)(CC)CC. The van der Waals surface area contributed by atoms with Crippen LogP contribution in [0.5, 0.6) is 5.75 Å². The van der Waals surface area contributed by atoms with Crippen LogP contribution < -0.4 is 9.68 Å². The van der Waals surface area contributed by atoms with Crippen molar-refractivity contribution >= 4 is 7.32 Å². The largest absolute Gasteiger partial charge is 0.820 e. The molecule has 0 unspecified atom stereocenters. The number of rotatable bonds is 10. The van der Waals surface area contributed by atoms with Gasteiger partial charge in [-0.2, -0.15) is 0 Å². The molecule has 0 aromatic heterocycles. The van der Waals surface area contributed by atoms with E-state index < -0.39 is 7.32 Å². The van der Waals surface area contributed by atoms with E-state index >= 15 is 0 Å². The lowest BCUT2D eigenvalue weighted by molar-refractivity contribution is -0.921. The van der Waals surface area contributed by atoms with Crippen LogP contribution in [0.15, 0.2) is 30.3 Å². The zero-order valence-electron chi connectivity index (χ0n) is 15.6. The standard InChI is InChI=1S/C10H14BO3.C8H20N/c1-2-3-9-13-11(12)14-10-7-5-4-6-8-10;1-5-9(6-2,7-3)8-4/h4-8H,2-3,9H2,1H3;5-8H2,1-4H3/q-1;+1. The Hall–Kier alpha value is -1.04. The molecule has 0 atom stereocenters. The van der Waals surface area contributed by atoms with E-state index in [2.05, 4.69) is 27.7 Å². The van der Waals surface area contributed by atoms with Gasteiger partial charge in [-0.15, -0.1) is 0 Å². The number of nitrogens with zero attached hydrogens (tertiary/aromatic N) is 1. The van der Waals surface area contributed by atoms with Crippen molar-refractivity contribution in [1.82, 2.24) is 0 Å². The van der Waals surface area contributed by atoms with Gasteiger partial charge in [-0.1, -0.05) is 31.5 Å². The van der Waals surface area contributed by atoms with Crippen LogP contribution in [0.1, 0.15) is 47.5 Å². The van der Waals surface area contributed by atoms with Gasteiger partial charge in [0.25, 0.3) is 0 Å². The maximum Gasteiger partial charge on any atom is 0.418 e. The van der Waals surface area contributed by atoms with Crippen LogP contribution >= 0.6 is 0 Å². The molecule has 1 rings (SSSR count). The Bertz CT molecular complexity index is 354. The quantitative estimate of drug-likeness (QED) is 0.377. The van der Waals surface area contributed by atoms with E-state index in [1.54, 1.807) is 12.1 Å². The van der Waals surface area contributed by atoms with E-state index in [1.807, 2.05) is 25.1 Å². The first-order valence-corrected chi connectivity index (χ1v) is 8.91. The number of benzene rings is 1. The van der Waals surface area contributed by atoms with Gasteiger partial charge >= 0.3 is 7.32 Å². The first-order valence-electron chi connectivity index (χ1n) is 8.91. The number of quaternary nitrogens is 1. The molecule has 0 aliphatic heterocycles. The van der Waals surface area contributed by atoms with Crippen molar-refractivity contribution in [3.63, 3.8) is 0 Å². The van der Waals surface area contributed by atoms with Gasteiger partial charge in [0, 0.05) is 6.61 Å². The Kier molecular flexibility index (Phi) is 12.8. The summed E-state index contributed by atoms with van der Waals surface area (Å²) in [5.41, 5.74) is 0. The van der Waals surface area contributed by atoms with Crippen LogP contribution in [0.4, 0.5) is 0 Å². The lowest BCUT2D eigenvalue weighted by Crippen LogP contribution is -2.47. The predicted octanol–water partition coefficient (Wildman–Crippen LogP) is 3.11. The topological polar surface area (TPSA) is 41.5 Å². The highest BCUT2D eigenvalue weighted by atomic mass is 16.7. The van der Waals surface area contributed by atoms with Gasteiger partial charge in [-0.3, -0.25) is 0 Å². The summed E-state index contributed by atoms with van der Waals surface area (Å²) in [6.45, 7) is 16.7. The Labute approximate surface area is 143 Å². The van der Waals surface area contributed by atoms with Gasteiger partial charge in [0.1, 0.15) is 0 Å². The Balaban J connectivity index is 0.000000468. The van der Waals surface area contributed by atoms with Crippen molar-refractivity contribution in [2.75, 3.05) is 32.8 Å². The molecule has 23 heavy (non-hydrogen) atoms. The highest BCUT2D eigenvalue weighted by Crippen LogP contribution is 2.08. The molecule has 0 heterocycles. The minimum Gasteiger partial charge on any atom is -0.820 e. The number of hydrogen-bond acceptors (Lipinski definition) is 3. The highest BCUT2D eigenvalue weighted by Gasteiger charge is 2.16. The molecule has 0 saturated heterocycles. The minimum absolute atomic E-state index is 0.456. The fraction of sp³-hybridized carbons (Fsp3) is 0.667. The molecule has 0 aliphatic rings. The molecule has 0 bridgehead atoms. The van der Waals surface area contributed by atoms with Crippen molar-refractivity contribution in [2.45, 2.75) is 47.5 Å². The second kappa shape index (κ2) is 13.4. The Morgan fingerprint density at radius 1 is 0.913 bits per heavy atom. The normalized spacial score (nSPS) is 10.7. The van der Waals surface area contributed by atoms with Crippen molar-refractivity contribution in [2.24, 2.45) is 0 Å². The number of unbranched alkanes of at least 4 members (excludes halogenated alkanes) is 1. The molecule has 1 aromatic rings. The summed E-state index contributed by atoms with van der Waals surface area (Å²) in [6.07, 6.45) is 1.90. The molecule has 132 valence electrons. The van der Waals surface area contributed by atoms with Crippen molar-refractivity contribution in [1.29, 1.82) is 0 Å². The maximum atomic E-state index is 11.1. The first kappa shape index (κ1) is 22.0. The van der Waals surface area contributed by atoms with Gasteiger partial charge in [0.05, 0.1) is 31.9 Å². The molecular formula is C18H34BNO3. The molecule has 1 aromatic carbocycles. The van der Waals surface area contributed by atoms with Crippen LogP contribution in [0, 0.1) is 0 Å². The summed E-state index contributed by atoms with van der Waals surface area (Å²) in [4.78, 5) is 0. The lowest BCUT2D eigenvalue weighted by Gasteiger charge is -2.34. The van der Waals surface area contributed by atoms with Crippen LogP contribution in [-0.4, -0.2) is 44.6 Å². The second-order valence-corrected chi connectivity index (χ2v) is 5.55.